The zero-order valence-electron chi connectivity index (χ0n) is 11.9. The summed E-state index contributed by atoms with van der Waals surface area (Å²) in [7, 11) is 0. The van der Waals surface area contributed by atoms with Crippen molar-refractivity contribution < 1.29 is 14.3 Å². The van der Waals surface area contributed by atoms with Crippen molar-refractivity contribution in [3.8, 4) is 0 Å². The van der Waals surface area contributed by atoms with Gasteiger partial charge in [-0.3, -0.25) is 0 Å². The van der Waals surface area contributed by atoms with Crippen LogP contribution in [0.25, 0.3) is 0 Å². The summed E-state index contributed by atoms with van der Waals surface area (Å²) in [4.78, 5) is 13.6. The van der Waals surface area contributed by atoms with E-state index in [1.54, 1.807) is 0 Å². The molecule has 4 nitrogen and oxygen atoms in total. The fourth-order valence-electron chi connectivity index (χ4n) is 3.34. The van der Waals surface area contributed by atoms with Crippen molar-refractivity contribution in [1.82, 2.24) is 4.90 Å². The first-order valence-corrected chi connectivity index (χ1v) is 7.33. The lowest BCUT2D eigenvalue weighted by molar-refractivity contribution is 0.0166. The second kappa shape index (κ2) is 5.44. The highest BCUT2D eigenvalue weighted by Gasteiger charge is 2.41. The number of benzene rings is 1. The van der Waals surface area contributed by atoms with Crippen molar-refractivity contribution in [2.75, 3.05) is 26.3 Å². The van der Waals surface area contributed by atoms with Crippen molar-refractivity contribution >= 4 is 6.09 Å². The van der Waals surface area contributed by atoms with Crippen LogP contribution in [-0.4, -0.2) is 37.3 Å². The molecule has 1 saturated heterocycles. The van der Waals surface area contributed by atoms with Crippen LogP contribution in [-0.2, 0) is 21.5 Å². The lowest BCUT2D eigenvalue weighted by Crippen LogP contribution is -2.49. The summed E-state index contributed by atoms with van der Waals surface area (Å²) in [5.41, 5.74) is 2.79. The molecule has 20 heavy (non-hydrogen) atoms. The second-order valence-corrected chi connectivity index (χ2v) is 5.62. The van der Waals surface area contributed by atoms with Crippen LogP contribution in [0.2, 0.25) is 0 Å². The molecule has 0 saturated carbocycles. The van der Waals surface area contributed by atoms with E-state index in [9.17, 15) is 4.79 Å². The monoisotopic (exact) mass is 275 g/mol. The van der Waals surface area contributed by atoms with E-state index in [1.807, 2.05) is 11.8 Å². The van der Waals surface area contributed by atoms with E-state index in [0.29, 0.717) is 13.2 Å². The summed E-state index contributed by atoms with van der Waals surface area (Å²) in [6.45, 7) is 5.24. The van der Waals surface area contributed by atoms with Gasteiger partial charge in [0, 0.05) is 18.5 Å². The highest BCUT2D eigenvalue weighted by Crippen LogP contribution is 2.40. The van der Waals surface area contributed by atoms with Crippen LogP contribution in [0.3, 0.4) is 0 Å². The first kappa shape index (κ1) is 13.4. The van der Waals surface area contributed by atoms with E-state index in [2.05, 4.69) is 24.3 Å². The van der Waals surface area contributed by atoms with Crippen LogP contribution in [0.15, 0.2) is 24.3 Å². The van der Waals surface area contributed by atoms with Gasteiger partial charge in [-0.05, 0) is 30.9 Å². The van der Waals surface area contributed by atoms with Crippen molar-refractivity contribution in [1.29, 1.82) is 0 Å². The Bertz CT molecular complexity index is 492. The molecule has 0 aliphatic carbocycles. The van der Waals surface area contributed by atoms with Gasteiger partial charge in [-0.2, -0.15) is 0 Å². The number of piperidine rings is 1. The molecule has 0 atom stereocenters. The zero-order valence-corrected chi connectivity index (χ0v) is 11.9. The molecule has 0 radical (unpaired) electrons. The number of hydrogen-bond donors (Lipinski definition) is 0. The maximum absolute atomic E-state index is 11.8. The molecule has 1 spiro atoms. The number of nitrogens with zero attached hydrogens (tertiary/aromatic N) is 1. The standard InChI is InChI=1S/C16H21NO3/c1-2-20-15(18)17-9-7-16(8-10-17)12-19-11-13-5-3-4-6-14(13)16/h3-6H,2,7-12H2,1H3. The van der Waals surface area contributed by atoms with Gasteiger partial charge in [0.15, 0.2) is 0 Å². The maximum atomic E-state index is 11.8. The number of likely N-dealkylation sites (tertiary alicyclic amines) is 1. The fraction of sp³-hybridized carbons (Fsp3) is 0.562. The van der Waals surface area contributed by atoms with Crippen LogP contribution in [0.1, 0.15) is 30.9 Å². The molecule has 2 heterocycles. The lowest BCUT2D eigenvalue weighted by Gasteiger charge is -2.44. The summed E-state index contributed by atoms with van der Waals surface area (Å²) in [5.74, 6) is 0. The summed E-state index contributed by atoms with van der Waals surface area (Å²) in [5, 5.41) is 0. The van der Waals surface area contributed by atoms with Crippen LogP contribution < -0.4 is 0 Å². The maximum Gasteiger partial charge on any atom is 0.409 e. The van der Waals surface area contributed by atoms with Crippen LogP contribution in [0, 0.1) is 0 Å². The lowest BCUT2D eigenvalue weighted by atomic mass is 9.71. The number of carbonyl (C=O) groups excluding carboxylic acids is 1. The van der Waals surface area contributed by atoms with Crippen LogP contribution >= 0.6 is 0 Å². The molecule has 2 aliphatic heterocycles. The molecule has 1 fully saturated rings. The van der Waals surface area contributed by atoms with E-state index in [0.717, 1.165) is 32.5 Å². The Morgan fingerprint density at radius 3 is 2.85 bits per heavy atom. The number of hydrogen-bond acceptors (Lipinski definition) is 3. The molecule has 3 rings (SSSR count). The third-order valence-electron chi connectivity index (χ3n) is 4.47. The predicted octanol–water partition coefficient (Wildman–Crippen LogP) is 2.71. The summed E-state index contributed by atoms with van der Waals surface area (Å²) in [6, 6.07) is 8.53. The summed E-state index contributed by atoms with van der Waals surface area (Å²) < 4.78 is 10.9. The average molecular weight is 275 g/mol. The Kier molecular flexibility index (Phi) is 3.66. The first-order chi connectivity index (χ1) is 9.75. The average Bonchev–Trinajstić information content (AvgIpc) is 2.49. The van der Waals surface area contributed by atoms with E-state index in [1.165, 1.54) is 11.1 Å². The molecule has 0 unspecified atom stereocenters. The Hall–Kier alpha value is -1.55. The normalized spacial score (nSPS) is 20.6. The number of carbonyl (C=O) groups is 1. The fourth-order valence-corrected chi connectivity index (χ4v) is 3.34. The van der Waals surface area contributed by atoms with Crippen LogP contribution in [0.4, 0.5) is 4.79 Å². The third kappa shape index (κ3) is 2.29. The van der Waals surface area contributed by atoms with E-state index in [4.69, 9.17) is 9.47 Å². The third-order valence-corrected chi connectivity index (χ3v) is 4.47. The molecular formula is C16H21NO3. The van der Waals surface area contributed by atoms with Gasteiger partial charge in [0.25, 0.3) is 0 Å². The van der Waals surface area contributed by atoms with Crippen molar-refractivity contribution in [3.63, 3.8) is 0 Å². The second-order valence-electron chi connectivity index (χ2n) is 5.62. The molecule has 4 heteroatoms. The molecule has 108 valence electrons. The summed E-state index contributed by atoms with van der Waals surface area (Å²) in [6.07, 6.45) is 1.71. The van der Waals surface area contributed by atoms with Crippen LogP contribution in [0.5, 0.6) is 0 Å². The van der Waals surface area contributed by atoms with E-state index >= 15 is 0 Å². The largest absolute Gasteiger partial charge is 0.450 e. The highest BCUT2D eigenvalue weighted by atomic mass is 16.6. The Morgan fingerprint density at radius 1 is 1.35 bits per heavy atom. The Morgan fingerprint density at radius 2 is 2.10 bits per heavy atom. The number of ether oxygens (including phenoxy) is 2. The highest BCUT2D eigenvalue weighted by molar-refractivity contribution is 5.67. The predicted molar refractivity (Wildman–Crippen MR) is 75.6 cm³/mol. The summed E-state index contributed by atoms with van der Waals surface area (Å²) >= 11 is 0. The Labute approximate surface area is 119 Å². The molecule has 1 aromatic carbocycles. The molecule has 0 N–H and O–H groups in total. The van der Waals surface area contributed by atoms with Gasteiger partial charge in [0.2, 0.25) is 0 Å². The van der Waals surface area contributed by atoms with Gasteiger partial charge in [0.05, 0.1) is 19.8 Å². The first-order valence-electron chi connectivity index (χ1n) is 7.33. The number of rotatable bonds is 1. The minimum absolute atomic E-state index is 0.0812. The van der Waals surface area contributed by atoms with E-state index < -0.39 is 0 Å². The number of fused-ring (bicyclic) bond motifs is 2. The molecule has 0 bridgehead atoms. The van der Waals surface area contributed by atoms with Gasteiger partial charge in [-0.25, -0.2) is 4.79 Å². The van der Waals surface area contributed by atoms with Gasteiger partial charge < -0.3 is 14.4 Å². The van der Waals surface area contributed by atoms with Crippen molar-refractivity contribution in [2.24, 2.45) is 0 Å². The zero-order chi connectivity index (χ0) is 14.0. The van der Waals surface area contributed by atoms with Crippen molar-refractivity contribution in [3.05, 3.63) is 35.4 Å². The smallest absolute Gasteiger partial charge is 0.409 e. The Balaban J connectivity index is 1.76. The van der Waals surface area contributed by atoms with Gasteiger partial charge in [0.1, 0.15) is 0 Å². The van der Waals surface area contributed by atoms with Crippen molar-refractivity contribution in [2.45, 2.75) is 31.8 Å². The minimum atomic E-state index is -0.188. The SMILES string of the molecule is CCOC(=O)N1CCC2(CC1)COCc1ccccc12. The molecule has 0 aromatic heterocycles. The topological polar surface area (TPSA) is 38.8 Å². The molecule has 2 aliphatic rings. The quantitative estimate of drug-likeness (QED) is 0.791. The molecule has 1 amide bonds. The number of amides is 1. The molecule has 1 aromatic rings. The van der Waals surface area contributed by atoms with Gasteiger partial charge >= 0.3 is 6.09 Å². The van der Waals surface area contributed by atoms with E-state index in [-0.39, 0.29) is 11.5 Å². The molecular weight excluding hydrogens is 254 g/mol. The van der Waals surface area contributed by atoms with Gasteiger partial charge in [-0.1, -0.05) is 24.3 Å². The minimum Gasteiger partial charge on any atom is -0.450 e. The van der Waals surface area contributed by atoms with Gasteiger partial charge in [-0.15, -0.1) is 0 Å².